The maximum absolute atomic E-state index is 12.4. The summed E-state index contributed by atoms with van der Waals surface area (Å²) in [4.78, 5) is 35.6. The number of ketones is 1. The van der Waals surface area contributed by atoms with Crippen molar-refractivity contribution in [3.05, 3.63) is 35.9 Å². The van der Waals surface area contributed by atoms with Crippen molar-refractivity contribution >= 4 is 17.8 Å². The van der Waals surface area contributed by atoms with Crippen molar-refractivity contribution in [2.24, 2.45) is 0 Å². The van der Waals surface area contributed by atoms with Crippen molar-refractivity contribution in [2.75, 3.05) is 7.11 Å². The summed E-state index contributed by atoms with van der Waals surface area (Å²) in [6, 6.07) is 8.58. The van der Waals surface area contributed by atoms with Gasteiger partial charge in [0.15, 0.2) is 5.78 Å². The molecule has 24 heavy (non-hydrogen) atoms. The number of methoxy groups -OCH3 is 1. The molecule has 0 spiro atoms. The Hall–Kier alpha value is -2.37. The highest BCUT2D eigenvalue weighted by molar-refractivity contribution is 5.89. The zero-order valence-corrected chi connectivity index (χ0v) is 14.6. The topological polar surface area (TPSA) is 81.7 Å². The molecule has 6 nitrogen and oxygen atoms in total. The van der Waals surface area contributed by atoms with Crippen molar-refractivity contribution in [3.63, 3.8) is 0 Å². The van der Waals surface area contributed by atoms with Gasteiger partial charge in [-0.2, -0.15) is 0 Å². The van der Waals surface area contributed by atoms with E-state index in [0.717, 1.165) is 5.56 Å². The maximum atomic E-state index is 12.4. The highest BCUT2D eigenvalue weighted by Crippen LogP contribution is 2.10. The molecule has 0 fully saturated rings. The molecule has 0 saturated carbocycles. The Kier molecular flexibility index (Phi) is 7.42. The number of amides is 1. The van der Waals surface area contributed by atoms with Crippen LogP contribution in [0.2, 0.25) is 0 Å². The predicted octanol–water partition coefficient (Wildman–Crippen LogP) is 2.64. The third kappa shape index (κ3) is 7.76. The largest absolute Gasteiger partial charge is 0.469 e. The van der Waals surface area contributed by atoms with Crippen LogP contribution in [0.15, 0.2) is 30.3 Å². The summed E-state index contributed by atoms with van der Waals surface area (Å²) in [7, 11) is 1.27. The summed E-state index contributed by atoms with van der Waals surface area (Å²) in [5.74, 6) is -0.700. The molecule has 1 amide bonds. The van der Waals surface area contributed by atoms with Gasteiger partial charge in [-0.1, -0.05) is 30.3 Å². The van der Waals surface area contributed by atoms with Gasteiger partial charge in [-0.05, 0) is 32.8 Å². The number of hydrogen-bond acceptors (Lipinski definition) is 5. The van der Waals surface area contributed by atoms with E-state index in [1.54, 1.807) is 20.8 Å². The lowest BCUT2D eigenvalue weighted by atomic mass is 10.00. The van der Waals surface area contributed by atoms with Gasteiger partial charge in [-0.3, -0.25) is 9.59 Å². The third-order valence-electron chi connectivity index (χ3n) is 3.17. The average molecular weight is 335 g/mol. The van der Waals surface area contributed by atoms with E-state index < -0.39 is 23.7 Å². The van der Waals surface area contributed by atoms with Crippen molar-refractivity contribution in [2.45, 2.75) is 51.7 Å². The Morgan fingerprint density at radius 2 is 1.71 bits per heavy atom. The van der Waals surface area contributed by atoms with Crippen LogP contribution >= 0.6 is 0 Å². The van der Waals surface area contributed by atoms with E-state index in [1.807, 2.05) is 30.3 Å². The van der Waals surface area contributed by atoms with Gasteiger partial charge in [0, 0.05) is 6.42 Å². The first kappa shape index (κ1) is 19.7. The van der Waals surface area contributed by atoms with Gasteiger partial charge in [0.25, 0.3) is 0 Å². The third-order valence-corrected chi connectivity index (χ3v) is 3.17. The molecular formula is C18H25NO5. The van der Waals surface area contributed by atoms with Crippen LogP contribution in [-0.2, 0) is 25.5 Å². The van der Waals surface area contributed by atoms with Gasteiger partial charge in [-0.25, -0.2) is 4.79 Å². The molecule has 0 unspecified atom stereocenters. The summed E-state index contributed by atoms with van der Waals surface area (Å²) >= 11 is 0. The summed E-state index contributed by atoms with van der Waals surface area (Å²) in [5, 5.41) is 2.60. The van der Waals surface area contributed by atoms with Crippen LogP contribution in [-0.4, -0.2) is 36.6 Å². The summed E-state index contributed by atoms with van der Waals surface area (Å²) in [6.45, 7) is 5.24. The van der Waals surface area contributed by atoms with E-state index in [0.29, 0.717) is 6.42 Å². The molecule has 0 aliphatic rings. The molecule has 6 heteroatoms. The molecule has 0 saturated heterocycles. The van der Waals surface area contributed by atoms with Crippen LogP contribution in [0.3, 0.4) is 0 Å². The lowest BCUT2D eigenvalue weighted by molar-refractivity contribution is -0.142. The summed E-state index contributed by atoms with van der Waals surface area (Å²) < 4.78 is 9.75. The Balaban J connectivity index is 2.76. The molecule has 1 aromatic carbocycles. The van der Waals surface area contributed by atoms with Crippen LogP contribution in [0.1, 0.15) is 39.2 Å². The maximum Gasteiger partial charge on any atom is 0.408 e. The fourth-order valence-electron chi connectivity index (χ4n) is 2.05. The molecular weight excluding hydrogens is 310 g/mol. The molecule has 0 aliphatic carbocycles. The number of rotatable bonds is 7. The van der Waals surface area contributed by atoms with Gasteiger partial charge >= 0.3 is 12.1 Å². The first-order chi connectivity index (χ1) is 11.2. The molecule has 0 bridgehead atoms. The molecule has 1 N–H and O–H groups in total. The van der Waals surface area contributed by atoms with Gasteiger partial charge in [-0.15, -0.1) is 0 Å². The number of carbonyl (C=O) groups excluding carboxylic acids is 3. The lowest BCUT2D eigenvalue weighted by Crippen LogP contribution is -2.44. The summed E-state index contributed by atoms with van der Waals surface area (Å²) in [6.07, 6.45) is -0.341. The smallest absolute Gasteiger partial charge is 0.408 e. The number of Topliss-reactive ketones (excluding diaryl/α,β-unsaturated/α-hetero) is 1. The van der Waals surface area contributed by atoms with Crippen molar-refractivity contribution in [3.8, 4) is 0 Å². The quantitative estimate of drug-likeness (QED) is 0.775. The monoisotopic (exact) mass is 335 g/mol. The molecule has 1 atom stereocenters. The Labute approximate surface area is 142 Å². The lowest BCUT2D eigenvalue weighted by Gasteiger charge is -2.23. The fourth-order valence-corrected chi connectivity index (χ4v) is 2.05. The normalized spacial score (nSPS) is 12.2. The number of esters is 1. The molecule has 132 valence electrons. The molecule has 1 aromatic rings. The van der Waals surface area contributed by atoms with Gasteiger partial charge < -0.3 is 14.8 Å². The van der Waals surface area contributed by atoms with Crippen molar-refractivity contribution in [1.29, 1.82) is 0 Å². The zero-order valence-electron chi connectivity index (χ0n) is 14.6. The zero-order chi connectivity index (χ0) is 18.2. The number of alkyl carbamates (subject to hydrolysis) is 1. The number of hydrogen-bond donors (Lipinski definition) is 1. The Morgan fingerprint density at radius 3 is 2.25 bits per heavy atom. The Morgan fingerprint density at radius 1 is 1.08 bits per heavy atom. The molecule has 0 radical (unpaired) electrons. The van der Waals surface area contributed by atoms with E-state index >= 15 is 0 Å². The number of ether oxygens (including phenoxy) is 2. The molecule has 1 rings (SSSR count). The van der Waals surface area contributed by atoms with Crippen LogP contribution < -0.4 is 5.32 Å². The van der Waals surface area contributed by atoms with E-state index in [-0.39, 0.29) is 18.6 Å². The minimum Gasteiger partial charge on any atom is -0.469 e. The highest BCUT2D eigenvalue weighted by Gasteiger charge is 2.25. The van der Waals surface area contributed by atoms with Crippen LogP contribution in [0.4, 0.5) is 4.79 Å². The van der Waals surface area contributed by atoms with Gasteiger partial charge in [0.05, 0.1) is 19.6 Å². The van der Waals surface area contributed by atoms with E-state index in [4.69, 9.17) is 4.74 Å². The summed E-state index contributed by atoms with van der Waals surface area (Å²) in [5.41, 5.74) is 0.251. The number of nitrogens with one attached hydrogen (secondary N) is 1. The average Bonchev–Trinajstić information content (AvgIpc) is 2.50. The number of carbonyl (C=O) groups is 3. The van der Waals surface area contributed by atoms with Gasteiger partial charge in [0.2, 0.25) is 0 Å². The minimum absolute atomic E-state index is 0.0000283. The SMILES string of the molecule is COC(=O)CCC(=O)[C@H](Cc1ccccc1)NC(=O)OC(C)(C)C. The first-order valence-corrected chi connectivity index (χ1v) is 7.84. The molecule has 0 heterocycles. The molecule has 0 aliphatic heterocycles. The van der Waals surface area contributed by atoms with Crippen molar-refractivity contribution in [1.82, 2.24) is 5.32 Å². The second-order valence-corrected chi connectivity index (χ2v) is 6.43. The number of benzene rings is 1. The van der Waals surface area contributed by atoms with E-state index in [1.165, 1.54) is 7.11 Å². The van der Waals surface area contributed by atoms with Gasteiger partial charge in [0.1, 0.15) is 5.60 Å². The van der Waals surface area contributed by atoms with E-state index in [9.17, 15) is 14.4 Å². The Bertz CT molecular complexity index is 563. The van der Waals surface area contributed by atoms with Crippen LogP contribution in [0.5, 0.6) is 0 Å². The van der Waals surface area contributed by atoms with Crippen molar-refractivity contribution < 1.29 is 23.9 Å². The second kappa shape index (κ2) is 9.05. The highest BCUT2D eigenvalue weighted by atomic mass is 16.6. The fraction of sp³-hybridized carbons (Fsp3) is 0.500. The molecule has 0 aromatic heterocycles. The van der Waals surface area contributed by atoms with E-state index in [2.05, 4.69) is 10.1 Å². The standard InChI is InChI=1S/C18H25NO5/c1-18(2,3)24-17(22)19-14(12-13-8-6-5-7-9-13)15(20)10-11-16(21)23-4/h5-9,14H,10-12H2,1-4H3,(H,19,22)/t14-/m0/s1. The second-order valence-electron chi connectivity index (χ2n) is 6.43. The van der Waals surface area contributed by atoms with Crippen LogP contribution in [0.25, 0.3) is 0 Å². The predicted molar refractivity (Wildman–Crippen MR) is 89.6 cm³/mol. The first-order valence-electron chi connectivity index (χ1n) is 7.84. The minimum atomic E-state index is -0.757. The van der Waals surface area contributed by atoms with Crippen LogP contribution in [0, 0.1) is 0 Å².